The van der Waals surface area contributed by atoms with Gasteiger partial charge in [0.1, 0.15) is 17.7 Å². The third-order valence-corrected chi connectivity index (χ3v) is 11.0. The number of nitrogens with one attached hydrogen (secondary N) is 2. The van der Waals surface area contributed by atoms with Crippen LogP contribution in [0.1, 0.15) is 106 Å². The maximum absolute atomic E-state index is 14.3. The summed E-state index contributed by atoms with van der Waals surface area (Å²) in [6.07, 6.45) is 4.20. The number of amides is 4. The fourth-order valence-corrected chi connectivity index (χ4v) is 8.01. The van der Waals surface area contributed by atoms with Gasteiger partial charge in [-0.05, 0) is 77.7 Å². The quantitative estimate of drug-likeness (QED) is 0.187. The number of esters is 1. The van der Waals surface area contributed by atoms with Crippen molar-refractivity contribution < 1.29 is 38.2 Å². The second-order valence-corrected chi connectivity index (χ2v) is 17.4. The molecule has 0 radical (unpaired) electrons. The summed E-state index contributed by atoms with van der Waals surface area (Å²) in [7, 11) is 4.84. The fourth-order valence-electron chi connectivity index (χ4n) is 8.01. The van der Waals surface area contributed by atoms with Crippen LogP contribution in [0.25, 0.3) is 0 Å². The second kappa shape index (κ2) is 20.0. The van der Waals surface area contributed by atoms with E-state index in [9.17, 15) is 24.0 Å². The van der Waals surface area contributed by atoms with Crippen molar-refractivity contribution in [3.05, 3.63) is 35.9 Å². The van der Waals surface area contributed by atoms with Gasteiger partial charge in [0.25, 0.3) is 0 Å². The van der Waals surface area contributed by atoms with E-state index < -0.39 is 65.3 Å². The molecule has 13 nitrogen and oxygen atoms in total. The first-order chi connectivity index (χ1) is 25.7. The molecule has 13 heteroatoms. The number of hydrogen-bond acceptors (Lipinski definition) is 9. The number of benzene rings is 1. The minimum Gasteiger partial charge on any atom is -0.458 e. The van der Waals surface area contributed by atoms with Gasteiger partial charge in [0.2, 0.25) is 23.6 Å². The SMILES string of the molecule is CO[C@H]([C@@H](C)C(=O)N[C@@H](Cc1ccccc1)C(=O)OC(C)(C)C)[C@@H]1CCCN1C(=O)C[C@@H](OC)[C@H](C1CCCC1)N(C)C(=O)[C@@H](NC(=O)C(C)(C)N)C(C)C. The highest BCUT2D eigenvalue weighted by molar-refractivity contribution is 5.92. The number of likely N-dealkylation sites (tertiary alicyclic amines) is 1. The molecule has 1 aromatic carbocycles. The summed E-state index contributed by atoms with van der Waals surface area (Å²) in [4.78, 5) is 72.0. The van der Waals surface area contributed by atoms with Gasteiger partial charge in [0.15, 0.2) is 0 Å². The largest absolute Gasteiger partial charge is 0.458 e. The van der Waals surface area contributed by atoms with E-state index in [1.807, 2.05) is 44.2 Å². The maximum Gasteiger partial charge on any atom is 0.329 e. The van der Waals surface area contributed by atoms with Crippen molar-refractivity contribution in [1.29, 1.82) is 0 Å². The summed E-state index contributed by atoms with van der Waals surface area (Å²) in [6.45, 7) is 14.6. The van der Waals surface area contributed by atoms with Gasteiger partial charge in [0, 0.05) is 34.2 Å². The van der Waals surface area contributed by atoms with Crippen LogP contribution < -0.4 is 16.4 Å². The summed E-state index contributed by atoms with van der Waals surface area (Å²) in [5.41, 5.74) is 5.03. The van der Waals surface area contributed by atoms with Crippen LogP contribution in [0, 0.1) is 17.8 Å². The molecule has 55 heavy (non-hydrogen) atoms. The third kappa shape index (κ3) is 12.7. The smallest absolute Gasteiger partial charge is 0.329 e. The maximum atomic E-state index is 14.3. The molecular weight excluding hydrogens is 702 g/mol. The molecule has 0 spiro atoms. The molecule has 0 bridgehead atoms. The lowest BCUT2D eigenvalue weighted by atomic mass is 9.88. The topological polar surface area (TPSA) is 170 Å². The van der Waals surface area contributed by atoms with E-state index in [4.69, 9.17) is 19.9 Å². The van der Waals surface area contributed by atoms with Crippen LogP contribution in [0.3, 0.4) is 0 Å². The zero-order chi connectivity index (χ0) is 41.2. The van der Waals surface area contributed by atoms with Crippen LogP contribution in [0.15, 0.2) is 30.3 Å². The molecule has 310 valence electrons. The van der Waals surface area contributed by atoms with Gasteiger partial charge in [-0.15, -0.1) is 0 Å². The minimum atomic E-state index is -1.16. The van der Waals surface area contributed by atoms with Gasteiger partial charge < -0.3 is 40.4 Å². The molecule has 1 saturated carbocycles. The van der Waals surface area contributed by atoms with Crippen LogP contribution in [0.4, 0.5) is 0 Å². The number of nitrogens with zero attached hydrogens (tertiary/aromatic N) is 2. The number of likely N-dealkylation sites (N-methyl/N-ethyl adjacent to an activating group) is 1. The highest BCUT2D eigenvalue weighted by Gasteiger charge is 2.44. The number of nitrogens with two attached hydrogens (primary N) is 1. The highest BCUT2D eigenvalue weighted by atomic mass is 16.6. The molecule has 1 aliphatic heterocycles. The van der Waals surface area contributed by atoms with Crippen LogP contribution in [0.5, 0.6) is 0 Å². The minimum absolute atomic E-state index is 0.0229. The summed E-state index contributed by atoms with van der Waals surface area (Å²) >= 11 is 0. The second-order valence-electron chi connectivity index (χ2n) is 17.4. The van der Waals surface area contributed by atoms with Crippen LogP contribution in [-0.4, -0.2) is 115 Å². The van der Waals surface area contributed by atoms with Gasteiger partial charge in [0.05, 0.1) is 42.2 Å². The number of carbonyl (C=O) groups is 5. The van der Waals surface area contributed by atoms with Gasteiger partial charge >= 0.3 is 5.97 Å². The Labute approximate surface area is 329 Å². The number of carbonyl (C=O) groups excluding carboxylic acids is 5. The van der Waals surface area contributed by atoms with Crippen molar-refractivity contribution in [2.45, 2.75) is 154 Å². The molecule has 1 aliphatic carbocycles. The monoisotopic (exact) mass is 772 g/mol. The van der Waals surface area contributed by atoms with E-state index >= 15 is 0 Å². The van der Waals surface area contributed by atoms with Crippen LogP contribution in [-0.2, 0) is 44.6 Å². The number of rotatable bonds is 18. The Morgan fingerprint density at radius 1 is 0.909 bits per heavy atom. The molecule has 0 unspecified atom stereocenters. The van der Waals surface area contributed by atoms with E-state index in [1.165, 1.54) is 7.11 Å². The predicted molar refractivity (Wildman–Crippen MR) is 212 cm³/mol. The van der Waals surface area contributed by atoms with E-state index in [1.54, 1.807) is 65.5 Å². The lowest BCUT2D eigenvalue weighted by Crippen LogP contribution is -2.60. The Kier molecular flexibility index (Phi) is 16.7. The molecule has 1 saturated heterocycles. The Hall–Kier alpha value is -3.55. The van der Waals surface area contributed by atoms with Crippen molar-refractivity contribution in [2.24, 2.45) is 23.5 Å². The van der Waals surface area contributed by atoms with E-state index in [2.05, 4.69) is 10.6 Å². The molecule has 1 aromatic rings. The van der Waals surface area contributed by atoms with Crippen molar-refractivity contribution in [3.63, 3.8) is 0 Å². The lowest BCUT2D eigenvalue weighted by molar-refractivity contribution is -0.159. The molecule has 2 aliphatic rings. The number of methoxy groups -OCH3 is 2. The number of ether oxygens (including phenoxy) is 3. The van der Waals surface area contributed by atoms with Gasteiger partial charge in [-0.25, -0.2) is 4.79 Å². The van der Waals surface area contributed by atoms with E-state index in [0.29, 0.717) is 13.0 Å². The van der Waals surface area contributed by atoms with Crippen LogP contribution >= 0.6 is 0 Å². The molecule has 1 heterocycles. The van der Waals surface area contributed by atoms with E-state index in [-0.39, 0.29) is 42.4 Å². The molecule has 4 N–H and O–H groups in total. The molecule has 4 amide bonds. The van der Waals surface area contributed by atoms with Crippen molar-refractivity contribution in [2.75, 3.05) is 27.8 Å². The van der Waals surface area contributed by atoms with Crippen LogP contribution in [0.2, 0.25) is 0 Å². The zero-order valence-electron chi connectivity index (χ0n) is 35.2. The normalized spacial score (nSPS) is 19.9. The first-order valence-corrected chi connectivity index (χ1v) is 20.0. The highest BCUT2D eigenvalue weighted by Crippen LogP contribution is 2.35. The molecule has 0 aromatic heterocycles. The van der Waals surface area contributed by atoms with Gasteiger partial charge in [-0.2, -0.15) is 0 Å². The van der Waals surface area contributed by atoms with E-state index in [0.717, 1.165) is 37.7 Å². The first-order valence-electron chi connectivity index (χ1n) is 20.0. The predicted octanol–water partition coefficient (Wildman–Crippen LogP) is 4.00. The Balaban J connectivity index is 1.81. The summed E-state index contributed by atoms with van der Waals surface area (Å²) in [5.74, 6) is -2.54. The Bertz CT molecular complexity index is 1440. The Morgan fingerprint density at radius 2 is 1.53 bits per heavy atom. The molecule has 7 atom stereocenters. The standard InChI is InChI=1S/C42H69N5O8/c1-26(2)34(45-40(52)42(7,8)43)38(50)46(9)35(29-20-15-16-21-29)32(53-10)25-33(48)47-23-17-22-31(47)36(54-11)27(3)37(49)44-30(39(51)55-41(4,5)6)24-28-18-13-12-14-19-28/h12-14,18-19,26-27,29-32,34-36H,15-17,20-25,43H2,1-11H3,(H,44,49)(H,45,52)/t27-,30+,31+,32-,34+,35+,36-/m1/s1. The summed E-state index contributed by atoms with van der Waals surface area (Å²) in [5, 5.41) is 5.80. The average Bonchev–Trinajstić information content (AvgIpc) is 3.82. The molecule has 3 rings (SSSR count). The van der Waals surface area contributed by atoms with Crippen molar-refractivity contribution in [3.8, 4) is 0 Å². The van der Waals surface area contributed by atoms with Crippen molar-refractivity contribution >= 4 is 29.6 Å². The lowest BCUT2D eigenvalue weighted by Gasteiger charge is -2.41. The number of hydrogen-bond donors (Lipinski definition) is 3. The molecular formula is C42H69N5O8. The van der Waals surface area contributed by atoms with Gasteiger partial charge in [-0.1, -0.05) is 63.9 Å². The zero-order valence-corrected chi connectivity index (χ0v) is 35.2. The Morgan fingerprint density at radius 3 is 2.05 bits per heavy atom. The summed E-state index contributed by atoms with van der Waals surface area (Å²) in [6, 6.07) is 6.91. The average molecular weight is 772 g/mol. The van der Waals surface area contributed by atoms with Gasteiger partial charge in [-0.3, -0.25) is 19.2 Å². The fraction of sp³-hybridized carbons (Fsp3) is 0.738. The first kappa shape index (κ1) is 45.8. The molecule has 2 fully saturated rings. The van der Waals surface area contributed by atoms with Crippen molar-refractivity contribution in [1.82, 2.24) is 20.4 Å². The summed E-state index contributed by atoms with van der Waals surface area (Å²) < 4.78 is 17.7. The third-order valence-electron chi connectivity index (χ3n) is 11.0.